The highest BCUT2D eigenvalue weighted by molar-refractivity contribution is 5.82. The fraction of sp³-hybridized carbons (Fsp3) is 0.500. The smallest absolute Gasteiger partial charge is 0.316 e. The first kappa shape index (κ1) is 5.35. The Bertz CT molecular complexity index is 147. The van der Waals surface area contributed by atoms with Crippen molar-refractivity contribution in [1.82, 2.24) is 0 Å². The lowest BCUT2D eigenvalue weighted by Gasteiger charge is -1.92. The molecule has 0 radical (unpaired) electrons. The molecule has 1 rings (SSSR count). The summed E-state index contributed by atoms with van der Waals surface area (Å²) < 4.78 is 4.45. The first-order valence-electron chi connectivity index (χ1n) is 2.52. The average molecular weight is 112 g/mol. The molecule has 0 fully saturated rings. The summed E-state index contributed by atoms with van der Waals surface area (Å²) >= 11 is 0. The molecule has 0 aromatic heterocycles. The van der Waals surface area contributed by atoms with Gasteiger partial charge in [-0.25, -0.2) is 0 Å². The predicted octanol–water partition coefficient (Wildman–Crippen LogP) is 0.735. The van der Waals surface area contributed by atoms with Gasteiger partial charge in [0.05, 0.1) is 13.0 Å². The van der Waals surface area contributed by atoms with Crippen LogP contribution in [-0.4, -0.2) is 13.1 Å². The van der Waals surface area contributed by atoms with E-state index in [9.17, 15) is 4.79 Å². The fourth-order valence-corrected chi connectivity index (χ4v) is 0.596. The maximum Gasteiger partial charge on any atom is 0.316 e. The molecule has 1 atom stereocenters. The summed E-state index contributed by atoms with van der Waals surface area (Å²) in [5.41, 5.74) is 1.12. The third-order valence-electron chi connectivity index (χ3n) is 1.27. The molecule has 0 aromatic carbocycles. The lowest BCUT2D eigenvalue weighted by molar-refractivity contribution is -0.141. The lowest BCUT2D eigenvalue weighted by atomic mass is 10.3. The van der Waals surface area contributed by atoms with E-state index in [-0.39, 0.29) is 11.9 Å². The number of hydrogen-bond acceptors (Lipinski definition) is 2. The van der Waals surface area contributed by atoms with Crippen LogP contribution >= 0.6 is 0 Å². The van der Waals surface area contributed by atoms with Crippen LogP contribution in [0.15, 0.2) is 11.6 Å². The Morgan fingerprint density at radius 2 is 2.38 bits per heavy atom. The van der Waals surface area contributed by atoms with Gasteiger partial charge in [-0.1, -0.05) is 11.6 Å². The summed E-state index contributed by atoms with van der Waals surface area (Å²) in [4.78, 5) is 10.5. The average Bonchev–Trinajstić information content (AvgIpc) is 2.45. The van der Waals surface area contributed by atoms with Crippen molar-refractivity contribution in [2.75, 3.05) is 7.11 Å². The third-order valence-corrected chi connectivity index (χ3v) is 1.27. The van der Waals surface area contributed by atoms with Gasteiger partial charge in [0.15, 0.2) is 0 Å². The van der Waals surface area contributed by atoms with Crippen LogP contribution < -0.4 is 0 Å². The van der Waals surface area contributed by atoms with Crippen LogP contribution in [-0.2, 0) is 9.53 Å². The highest BCUT2D eigenvalue weighted by Crippen LogP contribution is 2.28. The summed E-state index contributed by atoms with van der Waals surface area (Å²) in [6.07, 6.45) is 1.88. The van der Waals surface area contributed by atoms with Gasteiger partial charge in [0.2, 0.25) is 0 Å². The van der Waals surface area contributed by atoms with Gasteiger partial charge in [0.1, 0.15) is 0 Å². The van der Waals surface area contributed by atoms with Crippen LogP contribution in [0.3, 0.4) is 0 Å². The quantitative estimate of drug-likeness (QED) is 0.369. The topological polar surface area (TPSA) is 26.3 Å². The molecule has 0 N–H and O–H groups in total. The summed E-state index contributed by atoms with van der Waals surface area (Å²) in [5, 5.41) is 0. The molecule has 0 saturated heterocycles. The van der Waals surface area contributed by atoms with Crippen LogP contribution in [0.4, 0.5) is 0 Å². The van der Waals surface area contributed by atoms with Gasteiger partial charge in [-0.3, -0.25) is 4.79 Å². The minimum absolute atomic E-state index is 0.0139. The van der Waals surface area contributed by atoms with Crippen molar-refractivity contribution in [3.05, 3.63) is 11.6 Å². The largest absolute Gasteiger partial charge is 0.468 e. The van der Waals surface area contributed by atoms with Crippen molar-refractivity contribution in [1.29, 1.82) is 0 Å². The van der Waals surface area contributed by atoms with E-state index in [0.29, 0.717) is 0 Å². The molecule has 44 valence electrons. The molecule has 0 heterocycles. The standard InChI is InChI=1S/C6H8O2/c1-4-3-5(4)6(7)8-2/h3,5H,1-2H3. The van der Waals surface area contributed by atoms with E-state index in [1.54, 1.807) is 0 Å². The van der Waals surface area contributed by atoms with Gasteiger partial charge in [-0.15, -0.1) is 0 Å². The molecule has 0 amide bonds. The number of esters is 1. The van der Waals surface area contributed by atoms with Crippen LogP contribution in [0.1, 0.15) is 6.92 Å². The Hall–Kier alpha value is -0.790. The monoisotopic (exact) mass is 112 g/mol. The van der Waals surface area contributed by atoms with E-state index >= 15 is 0 Å². The second kappa shape index (κ2) is 1.62. The Morgan fingerprint density at radius 1 is 1.88 bits per heavy atom. The van der Waals surface area contributed by atoms with Crippen LogP contribution in [0.25, 0.3) is 0 Å². The number of carbonyl (C=O) groups excluding carboxylic acids is 1. The zero-order valence-electron chi connectivity index (χ0n) is 4.97. The van der Waals surface area contributed by atoms with E-state index < -0.39 is 0 Å². The zero-order valence-corrected chi connectivity index (χ0v) is 4.97. The second-order valence-electron chi connectivity index (χ2n) is 1.91. The molecule has 0 spiro atoms. The van der Waals surface area contributed by atoms with Crippen molar-refractivity contribution in [2.45, 2.75) is 6.92 Å². The molecule has 0 saturated carbocycles. The van der Waals surface area contributed by atoms with Gasteiger partial charge in [-0.05, 0) is 6.92 Å². The number of ether oxygens (including phenoxy) is 1. The second-order valence-corrected chi connectivity index (χ2v) is 1.91. The molecule has 8 heavy (non-hydrogen) atoms. The molecule has 1 aliphatic carbocycles. The van der Waals surface area contributed by atoms with Crippen LogP contribution in [0.2, 0.25) is 0 Å². The molecule has 0 aromatic rings. The van der Waals surface area contributed by atoms with Crippen molar-refractivity contribution in [2.24, 2.45) is 5.92 Å². The van der Waals surface area contributed by atoms with Gasteiger partial charge >= 0.3 is 5.97 Å². The summed E-state index contributed by atoms with van der Waals surface area (Å²) in [7, 11) is 1.40. The van der Waals surface area contributed by atoms with Gasteiger partial charge in [0.25, 0.3) is 0 Å². The fourth-order valence-electron chi connectivity index (χ4n) is 0.596. The van der Waals surface area contributed by atoms with Crippen LogP contribution in [0.5, 0.6) is 0 Å². The highest BCUT2D eigenvalue weighted by atomic mass is 16.5. The van der Waals surface area contributed by atoms with Gasteiger partial charge in [-0.2, -0.15) is 0 Å². The number of methoxy groups -OCH3 is 1. The highest BCUT2D eigenvalue weighted by Gasteiger charge is 2.28. The minimum atomic E-state index is -0.137. The Balaban J connectivity index is 2.32. The van der Waals surface area contributed by atoms with Crippen molar-refractivity contribution in [3.8, 4) is 0 Å². The molecule has 0 bridgehead atoms. The predicted molar refractivity (Wildman–Crippen MR) is 29.3 cm³/mol. The Labute approximate surface area is 48.1 Å². The van der Waals surface area contributed by atoms with Gasteiger partial charge in [0, 0.05) is 0 Å². The van der Waals surface area contributed by atoms with Gasteiger partial charge < -0.3 is 4.74 Å². The molecular formula is C6H8O2. The van der Waals surface area contributed by atoms with E-state index in [2.05, 4.69) is 4.74 Å². The first-order valence-corrected chi connectivity index (χ1v) is 2.52. The Kier molecular flexibility index (Phi) is 1.08. The molecule has 0 aliphatic heterocycles. The van der Waals surface area contributed by atoms with E-state index in [0.717, 1.165) is 5.57 Å². The van der Waals surface area contributed by atoms with Crippen molar-refractivity contribution < 1.29 is 9.53 Å². The Morgan fingerprint density at radius 3 is 2.50 bits per heavy atom. The third kappa shape index (κ3) is 0.735. The number of carbonyl (C=O) groups is 1. The molecular weight excluding hydrogens is 104 g/mol. The van der Waals surface area contributed by atoms with Crippen molar-refractivity contribution >= 4 is 5.97 Å². The summed E-state index contributed by atoms with van der Waals surface area (Å²) in [5.74, 6) is -0.123. The minimum Gasteiger partial charge on any atom is -0.468 e. The molecule has 1 unspecified atom stereocenters. The lowest BCUT2D eigenvalue weighted by Crippen LogP contribution is -2.03. The van der Waals surface area contributed by atoms with E-state index in [4.69, 9.17) is 0 Å². The molecule has 1 aliphatic rings. The number of hydrogen-bond donors (Lipinski definition) is 0. The first-order chi connectivity index (χ1) is 3.75. The van der Waals surface area contributed by atoms with Crippen LogP contribution in [0, 0.1) is 5.92 Å². The van der Waals surface area contributed by atoms with E-state index in [1.165, 1.54) is 7.11 Å². The zero-order chi connectivity index (χ0) is 6.15. The molecule has 2 heteroatoms. The SMILES string of the molecule is COC(=O)C1C=C1C. The summed E-state index contributed by atoms with van der Waals surface area (Å²) in [6.45, 7) is 1.92. The number of rotatable bonds is 1. The molecule has 2 nitrogen and oxygen atoms in total. The summed E-state index contributed by atoms with van der Waals surface area (Å²) in [6, 6.07) is 0. The van der Waals surface area contributed by atoms with E-state index in [1.807, 2.05) is 13.0 Å². The normalized spacial score (nSPS) is 24.2. The maximum atomic E-state index is 10.5. The maximum absolute atomic E-state index is 10.5. The van der Waals surface area contributed by atoms with Crippen molar-refractivity contribution in [3.63, 3.8) is 0 Å².